The highest BCUT2D eigenvalue weighted by molar-refractivity contribution is 7.15. The summed E-state index contributed by atoms with van der Waals surface area (Å²) in [5.74, 6) is 0.964. The molecule has 5 heteroatoms. The number of rotatable bonds is 5. The van der Waals surface area contributed by atoms with Crippen LogP contribution in [0.1, 0.15) is 22.4 Å². The van der Waals surface area contributed by atoms with Crippen molar-refractivity contribution in [3.05, 3.63) is 52.3 Å². The van der Waals surface area contributed by atoms with Gasteiger partial charge >= 0.3 is 0 Å². The van der Waals surface area contributed by atoms with Crippen LogP contribution in [0.25, 0.3) is 4.96 Å². The van der Waals surface area contributed by atoms with Crippen molar-refractivity contribution in [2.45, 2.75) is 27.0 Å². The van der Waals surface area contributed by atoms with Crippen molar-refractivity contribution in [2.24, 2.45) is 0 Å². The van der Waals surface area contributed by atoms with E-state index in [0.717, 1.165) is 22.9 Å². The van der Waals surface area contributed by atoms with Crippen molar-refractivity contribution in [1.82, 2.24) is 14.7 Å². The Morgan fingerprint density at radius 1 is 1.29 bits per heavy atom. The maximum atomic E-state index is 5.99. The first-order valence-corrected chi connectivity index (χ1v) is 7.84. The Morgan fingerprint density at radius 2 is 2.05 bits per heavy atom. The summed E-state index contributed by atoms with van der Waals surface area (Å²) in [6.45, 7) is 5.56. The van der Waals surface area contributed by atoms with Crippen LogP contribution in [0.15, 0.2) is 29.9 Å². The number of ether oxygens (including phenoxy) is 1. The average Bonchev–Trinajstić information content (AvgIpc) is 2.98. The van der Waals surface area contributed by atoms with Crippen molar-refractivity contribution in [2.75, 3.05) is 7.05 Å². The second kappa shape index (κ2) is 5.87. The Bertz CT molecular complexity index is 708. The van der Waals surface area contributed by atoms with Gasteiger partial charge in [-0.05, 0) is 37.6 Å². The highest BCUT2D eigenvalue weighted by atomic mass is 32.1. The third-order valence-corrected chi connectivity index (χ3v) is 4.18. The summed E-state index contributed by atoms with van der Waals surface area (Å²) in [5.41, 5.74) is 4.57. The molecule has 0 unspecified atom stereocenters. The van der Waals surface area contributed by atoms with Gasteiger partial charge in [0.1, 0.15) is 12.4 Å². The maximum absolute atomic E-state index is 5.99. The molecular formula is C16H19N3OS. The van der Waals surface area contributed by atoms with Gasteiger partial charge < -0.3 is 10.1 Å². The van der Waals surface area contributed by atoms with E-state index >= 15 is 0 Å². The van der Waals surface area contributed by atoms with Gasteiger partial charge in [-0.2, -0.15) is 0 Å². The fourth-order valence-corrected chi connectivity index (χ4v) is 3.28. The molecule has 2 heterocycles. The van der Waals surface area contributed by atoms with E-state index in [-0.39, 0.29) is 0 Å². The minimum atomic E-state index is 0.501. The van der Waals surface area contributed by atoms with Crippen LogP contribution in [-0.2, 0) is 13.2 Å². The van der Waals surface area contributed by atoms with Crippen molar-refractivity contribution < 1.29 is 4.74 Å². The lowest BCUT2D eigenvalue weighted by Gasteiger charge is -2.13. The van der Waals surface area contributed by atoms with Crippen LogP contribution in [0.4, 0.5) is 0 Å². The SMILES string of the molecule is CNCc1cc(C)c(OCc2cn3ccsc3n2)c(C)c1. The van der Waals surface area contributed by atoms with E-state index in [1.54, 1.807) is 11.3 Å². The van der Waals surface area contributed by atoms with Gasteiger partial charge in [-0.25, -0.2) is 4.98 Å². The predicted octanol–water partition coefficient (Wildman–Crippen LogP) is 3.31. The van der Waals surface area contributed by atoms with Gasteiger partial charge in [-0.1, -0.05) is 12.1 Å². The third kappa shape index (κ3) is 2.94. The van der Waals surface area contributed by atoms with Crippen molar-refractivity contribution >= 4 is 16.3 Å². The first-order chi connectivity index (χ1) is 10.2. The summed E-state index contributed by atoms with van der Waals surface area (Å²) < 4.78 is 8.02. The molecule has 0 radical (unpaired) electrons. The molecule has 0 saturated carbocycles. The Morgan fingerprint density at radius 3 is 2.71 bits per heavy atom. The Hall–Kier alpha value is -1.85. The van der Waals surface area contributed by atoms with Gasteiger partial charge in [0.2, 0.25) is 0 Å². The lowest BCUT2D eigenvalue weighted by atomic mass is 10.1. The summed E-state index contributed by atoms with van der Waals surface area (Å²) in [4.78, 5) is 5.55. The molecule has 1 N–H and O–H groups in total. The monoisotopic (exact) mass is 301 g/mol. The van der Waals surface area contributed by atoms with Crippen LogP contribution < -0.4 is 10.1 Å². The van der Waals surface area contributed by atoms with Crippen LogP contribution in [0.3, 0.4) is 0 Å². The predicted molar refractivity (Wildman–Crippen MR) is 86.1 cm³/mol. The van der Waals surface area contributed by atoms with Crippen LogP contribution in [0.2, 0.25) is 0 Å². The molecule has 2 aromatic heterocycles. The highest BCUT2D eigenvalue weighted by Gasteiger charge is 2.08. The first kappa shape index (κ1) is 14.1. The molecule has 0 aliphatic carbocycles. The summed E-state index contributed by atoms with van der Waals surface area (Å²) in [6.07, 6.45) is 4.03. The van der Waals surface area contributed by atoms with Gasteiger partial charge in [0.15, 0.2) is 4.96 Å². The quantitative estimate of drug-likeness (QED) is 0.786. The molecule has 4 nitrogen and oxygen atoms in total. The lowest BCUT2D eigenvalue weighted by Crippen LogP contribution is -2.06. The Balaban J connectivity index is 1.76. The van der Waals surface area contributed by atoms with Gasteiger partial charge in [0, 0.05) is 24.3 Å². The number of thiazole rings is 1. The molecule has 0 aliphatic heterocycles. The smallest absolute Gasteiger partial charge is 0.193 e. The molecule has 21 heavy (non-hydrogen) atoms. The van der Waals surface area contributed by atoms with Gasteiger partial charge in [-0.15, -0.1) is 11.3 Å². The third-order valence-electron chi connectivity index (χ3n) is 3.41. The summed E-state index contributed by atoms with van der Waals surface area (Å²) in [5, 5.41) is 5.20. The minimum absolute atomic E-state index is 0.501. The molecule has 0 spiro atoms. The number of aryl methyl sites for hydroxylation is 2. The number of hydrogen-bond acceptors (Lipinski definition) is 4. The number of benzene rings is 1. The Kier molecular flexibility index (Phi) is 3.94. The fourth-order valence-electron chi connectivity index (χ4n) is 2.57. The first-order valence-electron chi connectivity index (χ1n) is 6.96. The van der Waals surface area contributed by atoms with Crippen molar-refractivity contribution in [3.63, 3.8) is 0 Å². The van der Waals surface area contributed by atoms with E-state index in [1.807, 2.05) is 29.2 Å². The van der Waals surface area contributed by atoms with Gasteiger partial charge in [0.25, 0.3) is 0 Å². The van der Waals surface area contributed by atoms with E-state index in [0.29, 0.717) is 6.61 Å². The summed E-state index contributed by atoms with van der Waals surface area (Å²) in [7, 11) is 1.96. The lowest BCUT2D eigenvalue weighted by molar-refractivity contribution is 0.298. The highest BCUT2D eigenvalue weighted by Crippen LogP contribution is 2.26. The number of aromatic nitrogens is 2. The average molecular weight is 301 g/mol. The van der Waals surface area contributed by atoms with Crippen LogP contribution in [0, 0.1) is 13.8 Å². The molecule has 0 amide bonds. The fraction of sp³-hybridized carbons (Fsp3) is 0.312. The number of imidazole rings is 1. The van der Waals surface area contributed by atoms with Gasteiger partial charge in [0.05, 0.1) is 5.69 Å². The zero-order valence-corrected chi connectivity index (χ0v) is 13.3. The number of nitrogens with zero attached hydrogens (tertiary/aromatic N) is 2. The maximum Gasteiger partial charge on any atom is 0.193 e. The molecule has 0 bridgehead atoms. The van der Waals surface area contributed by atoms with Gasteiger partial charge in [-0.3, -0.25) is 4.40 Å². The van der Waals surface area contributed by atoms with E-state index in [2.05, 4.69) is 36.3 Å². The van der Waals surface area contributed by atoms with Crippen LogP contribution >= 0.6 is 11.3 Å². The van der Waals surface area contributed by atoms with Crippen LogP contribution in [-0.4, -0.2) is 16.4 Å². The van der Waals surface area contributed by atoms with E-state index < -0.39 is 0 Å². The van der Waals surface area contributed by atoms with Crippen LogP contribution in [0.5, 0.6) is 5.75 Å². The Labute approximate surface area is 128 Å². The number of nitrogens with one attached hydrogen (secondary N) is 1. The molecule has 3 aromatic rings. The molecule has 3 rings (SSSR count). The minimum Gasteiger partial charge on any atom is -0.487 e. The molecule has 110 valence electrons. The number of hydrogen-bond donors (Lipinski definition) is 1. The molecule has 0 atom stereocenters. The topological polar surface area (TPSA) is 38.6 Å². The standard InChI is InChI=1S/C16H19N3OS/c1-11-6-13(8-17-3)7-12(2)15(11)20-10-14-9-19-4-5-21-16(19)18-14/h4-7,9,17H,8,10H2,1-3H3. The molecule has 0 aliphatic rings. The normalized spacial score (nSPS) is 11.2. The summed E-state index contributed by atoms with van der Waals surface area (Å²) in [6, 6.07) is 4.34. The van der Waals surface area contributed by atoms with Crippen molar-refractivity contribution in [3.8, 4) is 5.75 Å². The molecule has 1 aromatic carbocycles. The molecule has 0 fully saturated rings. The molecule has 0 saturated heterocycles. The second-order valence-electron chi connectivity index (χ2n) is 5.20. The summed E-state index contributed by atoms with van der Waals surface area (Å²) >= 11 is 1.63. The zero-order valence-electron chi connectivity index (χ0n) is 12.5. The van der Waals surface area contributed by atoms with E-state index in [1.165, 1.54) is 16.7 Å². The zero-order chi connectivity index (χ0) is 14.8. The largest absolute Gasteiger partial charge is 0.487 e. The van der Waals surface area contributed by atoms with Crippen molar-refractivity contribution in [1.29, 1.82) is 0 Å². The molecular weight excluding hydrogens is 282 g/mol. The second-order valence-corrected chi connectivity index (χ2v) is 6.08. The van der Waals surface area contributed by atoms with E-state index in [4.69, 9.17) is 4.74 Å². The van der Waals surface area contributed by atoms with E-state index in [9.17, 15) is 0 Å². The number of fused-ring (bicyclic) bond motifs is 1.